The second-order valence-electron chi connectivity index (χ2n) is 7.20. The fourth-order valence-corrected chi connectivity index (χ4v) is 3.66. The molecule has 1 aromatic heterocycles. The van der Waals surface area contributed by atoms with Gasteiger partial charge in [-0.1, -0.05) is 53.5 Å². The highest BCUT2D eigenvalue weighted by atomic mass is 35.5. The predicted molar refractivity (Wildman–Crippen MR) is 131 cm³/mol. The van der Waals surface area contributed by atoms with E-state index in [2.05, 4.69) is 15.7 Å². The number of amides is 2. The first-order chi connectivity index (χ1) is 15.9. The van der Waals surface area contributed by atoms with Crippen molar-refractivity contribution in [1.29, 1.82) is 0 Å². The first kappa shape index (κ1) is 24.5. The van der Waals surface area contributed by atoms with Gasteiger partial charge in [0.05, 0.1) is 29.4 Å². The van der Waals surface area contributed by atoms with E-state index in [0.717, 1.165) is 5.56 Å². The van der Waals surface area contributed by atoms with Crippen LogP contribution in [-0.2, 0) is 16.1 Å². The van der Waals surface area contributed by atoms with Gasteiger partial charge in [0.15, 0.2) is 0 Å². The Labute approximate surface area is 202 Å². The van der Waals surface area contributed by atoms with Crippen LogP contribution in [0.15, 0.2) is 54.6 Å². The molecule has 0 atom stereocenters. The smallest absolute Gasteiger partial charge is 0.252 e. The van der Waals surface area contributed by atoms with Gasteiger partial charge in [-0.25, -0.2) is 4.68 Å². The van der Waals surface area contributed by atoms with Crippen molar-refractivity contribution in [2.75, 3.05) is 25.6 Å². The van der Waals surface area contributed by atoms with Crippen molar-refractivity contribution in [3.8, 4) is 0 Å². The van der Waals surface area contributed by atoms with E-state index in [1.54, 1.807) is 30.0 Å². The molecule has 0 saturated carbocycles. The predicted octanol–water partition coefficient (Wildman–Crippen LogP) is 4.57. The number of aryl methyl sites for hydroxylation is 1. The maximum absolute atomic E-state index is 12.4. The number of hydrogen-bond donors (Lipinski definition) is 2. The normalized spacial score (nSPS) is 11.0. The topological polar surface area (TPSA) is 85.2 Å². The van der Waals surface area contributed by atoms with E-state index in [1.807, 2.05) is 37.3 Å². The Bertz CT molecular complexity index is 1160. The quantitative estimate of drug-likeness (QED) is 0.342. The molecule has 7 nitrogen and oxygen atoms in total. The minimum atomic E-state index is -0.366. The lowest BCUT2D eigenvalue weighted by molar-refractivity contribution is -0.111. The van der Waals surface area contributed by atoms with Crippen LogP contribution in [0.1, 0.15) is 27.2 Å². The molecule has 0 aliphatic rings. The zero-order valence-electron chi connectivity index (χ0n) is 18.3. The number of hydrogen-bond acceptors (Lipinski definition) is 4. The molecule has 0 unspecified atom stereocenters. The Hall–Kier alpha value is -3.13. The van der Waals surface area contributed by atoms with Gasteiger partial charge in [-0.3, -0.25) is 9.59 Å². The Morgan fingerprint density at radius 2 is 1.91 bits per heavy atom. The van der Waals surface area contributed by atoms with Crippen molar-refractivity contribution in [1.82, 2.24) is 15.1 Å². The van der Waals surface area contributed by atoms with Crippen LogP contribution in [0.2, 0.25) is 10.2 Å². The van der Waals surface area contributed by atoms with E-state index in [4.69, 9.17) is 27.9 Å². The highest BCUT2D eigenvalue weighted by molar-refractivity contribution is 6.34. The summed E-state index contributed by atoms with van der Waals surface area (Å²) in [6.45, 7) is 3.14. The minimum absolute atomic E-state index is 0.229. The van der Waals surface area contributed by atoms with Crippen LogP contribution in [0.25, 0.3) is 6.08 Å². The number of nitrogens with one attached hydrogen (secondary N) is 2. The van der Waals surface area contributed by atoms with Crippen LogP contribution < -0.4 is 10.6 Å². The lowest BCUT2D eigenvalue weighted by Gasteiger charge is -2.08. The van der Waals surface area contributed by atoms with Crippen molar-refractivity contribution in [3.05, 3.63) is 87.2 Å². The van der Waals surface area contributed by atoms with Gasteiger partial charge >= 0.3 is 0 Å². The summed E-state index contributed by atoms with van der Waals surface area (Å²) < 4.78 is 6.60. The second-order valence-corrected chi connectivity index (χ2v) is 7.96. The molecule has 0 bridgehead atoms. The molecule has 0 aliphatic heterocycles. The van der Waals surface area contributed by atoms with E-state index in [1.165, 1.54) is 12.1 Å². The van der Waals surface area contributed by atoms with Crippen LogP contribution in [0.4, 0.5) is 5.69 Å². The summed E-state index contributed by atoms with van der Waals surface area (Å²) in [6, 6.07) is 14.5. The van der Waals surface area contributed by atoms with Crippen molar-refractivity contribution >= 4 is 46.8 Å². The second kappa shape index (κ2) is 11.7. The standard InChI is InChI=1S/C24H24Cl2N4O3/c1-16-19(23(26)30(29-16)15-17-6-4-3-5-7-17)10-11-22(31)28-18-8-9-20(21(25)14-18)24(32)27-12-13-33-2/h3-11,14H,12-13,15H2,1-2H3,(H,27,32)(H,28,31)/b11-10+. The van der Waals surface area contributed by atoms with Crippen LogP contribution in [0.3, 0.4) is 0 Å². The number of halogens is 2. The number of rotatable bonds is 9. The van der Waals surface area contributed by atoms with Gasteiger partial charge in [0.2, 0.25) is 5.91 Å². The molecule has 2 N–H and O–H groups in total. The van der Waals surface area contributed by atoms with Crippen LogP contribution in [-0.4, -0.2) is 41.9 Å². The average Bonchev–Trinajstić information content (AvgIpc) is 3.05. The molecule has 172 valence electrons. The van der Waals surface area contributed by atoms with Gasteiger partial charge in [0, 0.05) is 31.0 Å². The molecule has 0 saturated heterocycles. The van der Waals surface area contributed by atoms with E-state index in [-0.39, 0.29) is 16.8 Å². The number of carbonyl (C=O) groups excluding carboxylic acids is 2. The molecule has 3 rings (SSSR count). The lowest BCUT2D eigenvalue weighted by atomic mass is 10.2. The Balaban J connectivity index is 1.64. The molecule has 33 heavy (non-hydrogen) atoms. The number of carbonyl (C=O) groups is 2. The van der Waals surface area contributed by atoms with Gasteiger partial charge in [0.25, 0.3) is 5.91 Å². The third-order valence-corrected chi connectivity index (χ3v) is 5.47. The van der Waals surface area contributed by atoms with Gasteiger partial charge in [0.1, 0.15) is 5.15 Å². The zero-order valence-corrected chi connectivity index (χ0v) is 19.8. The maximum Gasteiger partial charge on any atom is 0.252 e. The van der Waals surface area contributed by atoms with Gasteiger partial charge in [-0.05, 0) is 36.8 Å². The van der Waals surface area contributed by atoms with E-state index < -0.39 is 0 Å². The summed E-state index contributed by atoms with van der Waals surface area (Å²) in [5, 5.41) is 10.6. The lowest BCUT2D eigenvalue weighted by Crippen LogP contribution is -2.27. The summed E-state index contributed by atoms with van der Waals surface area (Å²) in [6.07, 6.45) is 3.00. The molecule has 0 aliphatic carbocycles. The van der Waals surface area contributed by atoms with Crippen LogP contribution in [0, 0.1) is 6.92 Å². The molecular weight excluding hydrogens is 463 g/mol. The molecule has 0 radical (unpaired) electrons. The van der Waals surface area contributed by atoms with Gasteiger partial charge in [-0.15, -0.1) is 0 Å². The minimum Gasteiger partial charge on any atom is -0.383 e. The summed E-state index contributed by atoms with van der Waals surface area (Å²) in [5.41, 5.74) is 3.24. The number of nitrogens with zero attached hydrogens (tertiary/aromatic N) is 2. The fourth-order valence-electron chi connectivity index (χ4n) is 3.10. The number of ether oxygens (including phenoxy) is 1. The van der Waals surface area contributed by atoms with Crippen LogP contribution in [0.5, 0.6) is 0 Å². The summed E-state index contributed by atoms with van der Waals surface area (Å²) in [7, 11) is 1.55. The SMILES string of the molecule is COCCNC(=O)c1ccc(NC(=O)/C=C/c2c(C)nn(Cc3ccccc3)c2Cl)cc1Cl. The van der Waals surface area contributed by atoms with Crippen molar-refractivity contribution in [2.45, 2.75) is 13.5 Å². The third kappa shape index (κ3) is 6.68. The molecule has 9 heteroatoms. The number of methoxy groups -OCH3 is 1. The van der Waals surface area contributed by atoms with E-state index in [9.17, 15) is 9.59 Å². The Morgan fingerprint density at radius 1 is 1.15 bits per heavy atom. The Kier molecular flexibility index (Phi) is 8.65. The molecule has 2 aromatic carbocycles. The monoisotopic (exact) mass is 486 g/mol. The van der Waals surface area contributed by atoms with Crippen LogP contribution >= 0.6 is 23.2 Å². The third-order valence-electron chi connectivity index (χ3n) is 4.76. The zero-order chi connectivity index (χ0) is 23.8. The molecule has 2 amide bonds. The maximum atomic E-state index is 12.4. The first-order valence-corrected chi connectivity index (χ1v) is 11.0. The first-order valence-electron chi connectivity index (χ1n) is 10.2. The molecule has 1 heterocycles. The van der Waals surface area contributed by atoms with Crippen molar-refractivity contribution < 1.29 is 14.3 Å². The molecular formula is C24H24Cl2N4O3. The van der Waals surface area contributed by atoms with Gasteiger partial charge < -0.3 is 15.4 Å². The highest BCUT2D eigenvalue weighted by Crippen LogP contribution is 2.23. The summed E-state index contributed by atoms with van der Waals surface area (Å²) in [5.74, 6) is -0.679. The summed E-state index contributed by atoms with van der Waals surface area (Å²) in [4.78, 5) is 24.6. The highest BCUT2D eigenvalue weighted by Gasteiger charge is 2.13. The average molecular weight is 487 g/mol. The fraction of sp³-hybridized carbons (Fsp3) is 0.208. The molecule has 3 aromatic rings. The Morgan fingerprint density at radius 3 is 2.61 bits per heavy atom. The summed E-state index contributed by atoms with van der Waals surface area (Å²) >= 11 is 12.7. The number of anilines is 1. The molecule has 0 fully saturated rings. The van der Waals surface area contributed by atoms with E-state index >= 15 is 0 Å². The largest absolute Gasteiger partial charge is 0.383 e. The van der Waals surface area contributed by atoms with Crippen molar-refractivity contribution in [3.63, 3.8) is 0 Å². The molecule has 0 spiro atoms. The number of benzene rings is 2. The van der Waals surface area contributed by atoms with Gasteiger partial charge in [-0.2, -0.15) is 5.10 Å². The van der Waals surface area contributed by atoms with E-state index in [0.29, 0.717) is 47.4 Å². The van der Waals surface area contributed by atoms with Crippen molar-refractivity contribution in [2.24, 2.45) is 0 Å². The number of aromatic nitrogens is 2.